The number of para-hydroxylation sites is 1. The molecule has 2 amide bonds. The van der Waals surface area contributed by atoms with Gasteiger partial charge in [0.1, 0.15) is 5.82 Å². The smallest absolute Gasteiger partial charge is 0.295 e. The summed E-state index contributed by atoms with van der Waals surface area (Å²) in [6.45, 7) is 1.14. The van der Waals surface area contributed by atoms with Crippen LogP contribution in [0.4, 0.5) is 10.1 Å². The SMILES string of the molecule is O=C(NCC(=O)N1CCC(CCO)CC1)c1ccc(S(=O)(=O)N(Oc2ccc(F)cc2)c2ccccc2)cc1. The Balaban J connectivity index is 1.42. The lowest BCUT2D eigenvalue weighted by atomic mass is 9.94. The van der Waals surface area contributed by atoms with Crippen molar-refractivity contribution in [1.29, 1.82) is 0 Å². The molecule has 0 bridgehead atoms. The van der Waals surface area contributed by atoms with E-state index in [0.29, 0.717) is 19.0 Å². The van der Waals surface area contributed by atoms with Crippen molar-refractivity contribution < 1.29 is 32.3 Å². The van der Waals surface area contributed by atoms with Gasteiger partial charge < -0.3 is 20.2 Å². The van der Waals surface area contributed by atoms with E-state index in [0.717, 1.165) is 35.9 Å². The molecule has 0 aliphatic carbocycles. The number of carbonyl (C=O) groups is 2. The summed E-state index contributed by atoms with van der Waals surface area (Å²) in [5, 5.41) is 11.7. The van der Waals surface area contributed by atoms with Crippen molar-refractivity contribution in [1.82, 2.24) is 10.2 Å². The third-order valence-corrected chi connectivity index (χ3v) is 8.10. The van der Waals surface area contributed by atoms with Gasteiger partial charge in [0.15, 0.2) is 5.75 Å². The molecule has 0 spiro atoms. The maximum Gasteiger partial charge on any atom is 0.295 e. The van der Waals surface area contributed by atoms with Crippen molar-refractivity contribution in [3.63, 3.8) is 0 Å². The highest BCUT2D eigenvalue weighted by molar-refractivity contribution is 7.92. The summed E-state index contributed by atoms with van der Waals surface area (Å²) in [7, 11) is -4.24. The normalized spacial score (nSPS) is 14.1. The molecule has 0 atom stereocenters. The summed E-state index contributed by atoms with van der Waals surface area (Å²) >= 11 is 0. The number of likely N-dealkylation sites (tertiary alicyclic amines) is 1. The Morgan fingerprint density at radius 2 is 1.62 bits per heavy atom. The van der Waals surface area contributed by atoms with E-state index in [-0.39, 0.29) is 41.0 Å². The topological polar surface area (TPSA) is 116 Å². The Bertz CT molecular complexity index is 1360. The third-order valence-electron chi connectivity index (χ3n) is 6.51. The van der Waals surface area contributed by atoms with E-state index in [1.165, 1.54) is 36.4 Å². The van der Waals surface area contributed by atoms with E-state index in [9.17, 15) is 22.4 Å². The molecule has 4 rings (SSSR count). The first-order valence-corrected chi connectivity index (χ1v) is 14.0. The molecule has 11 heteroatoms. The highest BCUT2D eigenvalue weighted by Gasteiger charge is 2.28. The molecule has 2 N–H and O–H groups in total. The summed E-state index contributed by atoms with van der Waals surface area (Å²) in [6.07, 6.45) is 2.37. The van der Waals surface area contributed by atoms with Crippen LogP contribution in [0, 0.1) is 11.7 Å². The van der Waals surface area contributed by atoms with Crippen LogP contribution in [0.25, 0.3) is 0 Å². The van der Waals surface area contributed by atoms with Gasteiger partial charge in [-0.05, 0) is 85.8 Å². The Hall–Kier alpha value is -3.96. The second kappa shape index (κ2) is 12.7. The molecule has 0 saturated carbocycles. The summed E-state index contributed by atoms with van der Waals surface area (Å²) in [5.74, 6) is -0.675. The van der Waals surface area contributed by atoms with Gasteiger partial charge >= 0.3 is 0 Å². The fourth-order valence-corrected chi connectivity index (χ4v) is 5.53. The number of sulfonamides is 1. The number of halogens is 1. The lowest BCUT2D eigenvalue weighted by Crippen LogP contribution is -2.44. The Morgan fingerprint density at radius 3 is 2.23 bits per heavy atom. The average Bonchev–Trinajstić information content (AvgIpc) is 2.96. The molecule has 39 heavy (non-hydrogen) atoms. The van der Waals surface area contributed by atoms with E-state index in [2.05, 4.69) is 5.32 Å². The molecule has 0 aromatic heterocycles. The Morgan fingerprint density at radius 1 is 0.974 bits per heavy atom. The molecule has 1 heterocycles. The van der Waals surface area contributed by atoms with Crippen LogP contribution in [-0.2, 0) is 14.8 Å². The van der Waals surface area contributed by atoms with Crippen LogP contribution in [-0.4, -0.2) is 56.5 Å². The Kier molecular flexibility index (Phi) is 9.15. The average molecular weight is 556 g/mol. The van der Waals surface area contributed by atoms with Gasteiger partial charge in [0.05, 0.1) is 17.1 Å². The summed E-state index contributed by atoms with van der Waals surface area (Å²) in [5.41, 5.74) is 0.414. The molecule has 1 aliphatic heterocycles. The largest absolute Gasteiger partial charge is 0.396 e. The molecular formula is C28H30FN3O6S. The Labute approximate surface area is 226 Å². The number of aliphatic hydroxyl groups is 1. The molecule has 1 aliphatic rings. The highest BCUT2D eigenvalue weighted by atomic mass is 32.2. The van der Waals surface area contributed by atoms with Crippen LogP contribution in [0.15, 0.2) is 83.8 Å². The van der Waals surface area contributed by atoms with E-state index in [4.69, 9.17) is 9.94 Å². The van der Waals surface area contributed by atoms with Crippen molar-refractivity contribution in [2.75, 3.05) is 30.7 Å². The van der Waals surface area contributed by atoms with Gasteiger partial charge in [-0.2, -0.15) is 8.42 Å². The van der Waals surface area contributed by atoms with Gasteiger partial charge in [-0.3, -0.25) is 9.59 Å². The molecule has 1 saturated heterocycles. The van der Waals surface area contributed by atoms with Crippen LogP contribution >= 0.6 is 0 Å². The van der Waals surface area contributed by atoms with Gasteiger partial charge in [-0.15, -0.1) is 0 Å². The molecule has 1 fully saturated rings. The number of rotatable bonds is 10. The standard InChI is InChI=1S/C28H30FN3O6S/c29-23-8-10-25(11-9-23)38-32(24-4-2-1-3-5-24)39(36,37)26-12-6-22(7-13-26)28(35)30-20-27(34)31-17-14-21(15-18-31)16-19-33/h1-13,21,33H,14-20H2,(H,30,35). The number of anilines is 1. The molecule has 3 aromatic carbocycles. The van der Waals surface area contributed by atoms with Gasteiger partial charge in [-0.1, -0.05) is 22.7 Å². The predicted molar refractivity (Wildman–Crippen MR) is 143 cm³/mol. The van der Waals surface area contributed by atoms with Crippen LogP contribution in [0.1, 0.15) is 29.6 Å². The zero-order chi connectivity index (χ0) is 27.8. The van der Waals surface area contributed by atoms with E-state index in [1.807, 2.05) is 0 Å². The molecule has 3 aromatic rings. The number of nitrogens with zero attached hydrogens (tertiary/aromatic N) is 2. The zero-order valence-corrected chi connectivity index (χ0v) is 22.0. The number of carbonyl (C=O) groups excluding carboxylic acids is 2. The fraction of sp³-hybridized carbons (Fsp3) is 0.286. The van der Waals surface area contributed by atoms with Crippen LogP contribution < -0.4 is 14.6 Å². The van der Waals surface area contributed by atoms with Gasteiger partial charge in [0.25, 0.3) is 15.9 Å². The minimum atomic E-state index is -4.24. The van der Waals surface area contributed by atoms with Crippen molar-refractivity contribution >= 4 is 27.5 Å². The molecule has 206 valence electrons. The van der Waals surface area contributed by atoms with E-state index in [1.54, 1.807) is 35.2 Å². The molecule has 9 nitrogen and oxygen atoms in total. The number of hydrogen-bond donors (Lipinski definition) is 2. The number of aliphatic hydroxyl groups excluding tert-OH is 1. The number of amides is 2. The molecular weight excluding hydrogens is 525 g/mol. The zero-order valence-electron chi connectivity index (χ0n) is 21.2. The number of piperidine rings is 1. The van der Waals surface area contributed by atoms with Crippen molar-refractivity contribution in [3.05, 3.63) is 90.2 Å². The van der Waals surface area contributed by atoms with Gasteiger partial charge in [0.2, 0.25) is 5.91 Å². The van der Waals surface area contributed by atoms with E-state index < -0.39 is 21.7 Å². The van der Waals surface area contributed by atoms with Gasteiger partial charge in [0, 0.05) is 25.3 Å². The van der Waals surface area contributed by atoms with Crippen LogP contribution in [0.5, 0.6) is 5.75 Å². The maximum atomic E-state index is 13.5. The van der Waals surface area contributed by atoms with Crippen LogP contribution in [0.3, 0.4) is 0 Å². The second-order valence-corrected chi connectivity index (χ2v) is 10.9. The molecule has 0 radical (unpaired) electrons. The van der Waals surface area contributed by atoms with Crippen molar-refractivity contribution in [2.45, 2.75) is 24.2 Å². The number of benzene rings is 3. The quantitative estimate of drug-likeness (QED) is 0.371. The summed E-state index contributed by atoms with van der Waals surface area (Å²) in [6, 6.07) is 18.3. The lowest BCUT2D eigenvalue weighted by molar-refractivity contribution is -0.131. The van der Waals surface area contributed by atoms with Gasteiger partial charge in [-0.25, -0.2) is 4.39 Å². The fourth-order valence-electron chi connectivity index (χ4n) is 4.28. The first kappa shape index (κ1) is 28.1. The first-order chi connectivity index (χ1) is 18.8. The summed E-state index contributed by atoms with van der Waals surface area (Å²) < 4.78 is 41.1. The lowest BCUT2D eigenvalue weighted by Gasteiger charge is -2.31. The second-order valence-electron chi connectivity index (χ2n) is 9.16. The summed E-state index contributed by atoms with van der Waals surface area (Å²) in [4.78, 5) is 32.3. The maximum absolute atomic E-state index is 13.5. The van der Waals surface area contributed by atoms with Crippen LogP contribution in [0.2, 0.25) is 0 Å². The number of nitrogens with one attached hydrogen (secondary N) is 1. The first-order valence-electron chi connectivity index (χ1n) is 12.6. The predicted octanol–water partition coefficient (Wildman–Crippen LogP) is 3.37. The minimum Gasteiger partial charge on any atom is -0.396 e. The third kappa shape index (κ3) is 7.12. The van der Waals surface area contributed by atoms with Crippen molar-refractivity contribution in [2.24, 2.45) is 5.92 Å². The minimum absolute atomic E-state index is 0.113. The monoisotopic (exact) mass is 555 g/mol. The number of hydrogen-bond acceptors (Lipinski definition) is 6. The van der Waals surface area contributed by atoms with E-state index >= 15 is 0 Å². The highest BCUT2D eigenvalue weighted by Crippen LogP contribution is 2.26. The molecule has 0 unspecified atom stereocenters. The van der Waals surface area contributed by atoms with Crippen molar-refractivity contribution in [3.8, 4) is 5.75 Å².